The lowest BCUT2D eigenvalue weighted by molar-refractivity contribution is -0.138. The highest BCUT2D eigenvalue weighted by atomic mass is 16.6. The number of ketones is 1. The zero-order valence-electron chi connectivity index (χ0n) is 18.0. The Hall–Kier alpha value is -0.900. The summed E-state index contributed by atoms with van der Waals surface area (Å²) in [7, 11) is 0. The third-order valence-corrected chi connectivity index (χ3v) is 9.99. The van der Waals surface area contributed by atoms with E-state index in [-0.39, 0.29) is 11.5 Å². The highest BCUT2D eigenvalue weighted by molar-refractivity contribution is 5.88. The SMILES string of the molecule is CC[C@@H]1/C(=N/OC2CNC2)CC[C@@]2(C)C1CC[C@@H]1[C@@H]2CC[C@]2(C)C(=O)CC[C@@H]12. The number of carbonyl (C=O) groups excluding carboxylic acids is 1. The van der Waals surface area contributed by atoms with Gasteiger partial charge in [0, 0.05) is 30.8 Å². The maximum atomic E-state index is 12.6. The zero-order chi connectivity index (χ0) is 19.5. The van der Waals surface area contributed by atoms with Gasteiger partial charge in [-0.2, -0.15) is 0 Å². The van der Waals surface area contributed by atoms with Crippen LogP contribution in [-0.2, 0) is 9.63 Å². The van der Waals surface area contributed by atoms with Gasteiger partial charge in [0.1, 0.15) is 5.78 Å². The summed E-state index contributed by atoms with van der Waals surface area (Å²) >= 11 is 0. The summed E-state index contributed by atoms with van der Waals surface area (Å²) in [5, 5.41) is 7.95. The number of nitrogens with zero attached hydrogens (tertiary/aromatic N) is 1. The Morgan fingerprint density at radius 3 is 2.57 bits per heavy atom. The van der Waals surface area contributed by atoms with Crippen LogP contribution in [0.3, 0.4) is 0 Å². The van der Waals surface area contributed by atoms with Crippen molar-refractivity contribution in [3.8, 4) is 0 Å². The summed E-state index contributed by atoms with van der Waals surface area (Å²) < 4.78 is 0. The van der Waals surface area contributed by atoms with Gasteiger partial charge >= 0.3 is 0 Å². The van der Waals surface area contributed by atoms with Gasteiger partial charge in [-0.05, 0) is 80.5 Å². The highest BCUT2D eigenvalue weighted by Crippen LogP contribution is 2.66. The van der Waals surface area contributed by atoms with E-state index in [1.165, 1.54) is 37.8 Å². The van der Waals surface area contributed by atoms with Gasteiger partial charge < -0.3 is 10.2 Å². The minimum Gasteiger partial charge on any atom is -0.390 e. The van der Waals surface area contributed by atoms with Crippen molar-refractivity contribution < 1.29 is 9.63 Å². The fourth-order valence-corrected chi connectivity index (χ4v) is 8.22. The van der Waals surface area contributed by atoms with Crippen LogP contribution in [0.25, 0.3) is 0 Å². The molecule has 1 heterocycles. The molecule has 1 saturated heterocycles. The van der Waals surface area contributed by atoms with E-state index in [1.807, 2.05) is 0 Å². The first kappa shape index (κ1) is 19.1. The average molecular weight is 387 g/mol. The first-order chi connectivity index (χ1) is 13.5. The molecule has 0 amide bonds. The number of rotatable bonds is 3. The third-order valence-electron chi connectivity index (χ3n) is 9.99. The summed E-state index contributed by atoms with van der Waals surface area (Å²) in [6.07, 6.45) is 10.9. The molecule has 4 saturated carbocycles. The Balaban J connectivity index is 1.38. The van der Waals surface area contributed by atoms with E-state index >= 15 is 0 Å². The maximum Gasteiger partial charge on any atom is 0.152 e. The highest BCUT2D eigenvalue weighted by Gasteiger charge is 2.61. The van der Waals surface area contributed by atoms with Crippen LogP contribution in [0.15, 0.2) is 5.16 Å². The standard InChI is InChI=1S/C24H38N2O2/c1-4-16-18-6-5-17-19-7-8-22(27)24(19,3)11-9-20(17)23(18,2)12-10-21(16)26-28-15-13-25-14-15/h15-20,25H,4-14H2,1-3H3/b26-21+/t16-,17-,18?,19-,20-,23-,24-/m0/s1. The lowest BCUT2D eigenvalue weighted by Crippen LogP contribution is -2.56. The molecule has 1 aliphatic heterocycles. The van der Waals surface area contributed by atoms with E-state index < -0.39 is 0 Å². The largest absolute Gasteiger partial charge is 0.390 e. The third kappa shape index (κ3) is 2.66. The van der Waals surface area contributed by atoms with Crippen molar-refractivity contribution in [1.82, 2.24) is 5.32 Å². The van der Waals surface area contributed by atoms with Gasteiger partial charge in [0.2, 0.25) is 0 Å². The second kappa shape index (κ2) is 6.82. The van der Waals surface area contributed by atoms with Gasteiger partial charge in [-0.25, -0.2) is 0 Å². The number of nitrogens with one attached hydrogen (secondary N) is 1. The van der Waals surface area contributed by atoms with Crippen LogP contribution in [0, 0.1) is 40.4 Å². The van der Waals surface area contributed by atoms with Crippen LogP contribution in [0.2, 0.25) is 0 Å². The average Bonchev–Trinajstić information content (AvgIpc) is 2.95. The molecule has 0 aromatic rings. The summed E-state index contributed by atoms with van der Waals surface area (Å²) in [6.45, 7) is 9.13. The molecule has 0 radical (unpaired) electrons. The van der Waals surface area contributed by atoms with E-state index in [2.05, 4.69) is 31.2 Å². The van der Waals surface area contributed by atoms with Crippen LogP contribution in [0.1, 0.15) is 78.6 Å². The molecule has 1 N–H and O–H groups in total. The molecule has 1 unspecified atom stereocenters. The van der Waals surface area contributed by atoms with Crippen LogP contribution in [0.4, 0.5) is 0 Å². The van der Waals surface area contributed by atoms with Crippen molar-refractivity contribution in [2.75, 3.05) is 13.1 Å². The number of Topliss-reactive ketones (excluding diaryl/α,β-unsaturated/α-hetero) is 1. The van der Waals surface area contributed by atoms with Crippen molar-refractivity contribution in [2.45, 2.75) is 84.7 Å². The van der Waals surface area contributed by atoms with Crippen LogP contribution >= 0.6 is 0 Å². The molecule has 4 nitrogen and oxygen atoms in total. The maximum absolute atomic E-state index is 12.6. The Labute approximate surface area is 170 Å². The second-order valence-electron chi connectivity index (χ2n) is 11.0. The van der Waals surface area contributed by atoms with Crippen LogP contribution in [0.5, 0.6) is 0 Å². The number of hydrogen-bond acceptors (Lipinski definition) is 4. The molecule has 4 aliphatic carbocycles. The molecule has 5 aliphatic rings. The van der Waals surface area contributed by atoms with Gasteiger partial charge in [0.05, 0.1) is 5.71 Å². The molecule has 0 spiro atoms. The molecule has 0 aromatic carbocycles. The van der Waals surface area contributed by atoms with E-state index in [1.54, 1.807) is 0 Å². The predicted octanol–water partition coefficient (Wildman–Crippen LogP) is 4.58. The van der Waals surface area contributed by atoms with Crippen molar-refractivity contribution in [3.05, 3.63) is 0 Å². The fourth-order valence-electron chi connectivity index (χ4n) is 8.22. The summed E-state index contributed by atoms with van der Waals surface area (Å²) in [4.78, 5) is 18.5. The number of oxime groups is 1. The van der Waals surface area contributed by atoms with E-state index in [9.17, 15) is 4.79 Å². The minimum absolute atomic E-state index is 0.000452. The van der Waals surface area contributed by atoms with Gasteiger partial charge in [-0.3, -0.25) is 4.79 Å². The lowest BCUT2D eigenvalue weighted by atomic mass is 9.43. The quantitative estimate of drug-likeness (QED) is 0.722. The molecule has 156 valence electrons. The molecule has 7 atom stereocenters. The Bertz CT molecular complexity index is 672. The molecule has 4 heteroatoms. The van der Waals surface area contributed by atoms with Crippen LogP contribution in [-0.4, -0.2) is 30.7 Å². The Kier molecular flexibility index (Phi) is 4.65. The van der Waals surface area contributed by atoms with Crippen molar-refractivity contribution in [2.24, 2.45) is 45.6 Å². The predicted molar refractivity (Wildman–Crippen MR) is 111 cm³/mol. The fraction of sp³-hybridized carbons (Fsp3) is 0.917. The van der Waals surface area contributed by atoms with Crippen molar-refractivity contribution >= 4 is 11.5 Å². The number of fused-ring (bicyclic) bond motifs is 5. The summed E-state index contributed by atoms with van der Waals surface area (Å²) in [6, 6.07) is 0. The molecular weight excluding hydrogens is 348 g/mol. The van der Waals surface area contributed by atoms with Crippen molar-refractivity contribution in [3.63, 3.8) is 0 Å². The molecule has 5 fully saturated rings. The van der Waals surface area contributed by atoms with Gasteiger partial charge in [0.15, 0.2) is 6.10 Å². The molecule has 28 heavy (non-hydrogen) atoms. The molecule has 0 aromatic heterocycles. The van der Waals surface area contributed by atoms with Gasteiger partial charge in [-0.1, -0.05) is 25.9 Å². The molecule has 0 bridgehead atoms. The second-order valence-corrected chi connectivity index (χ2v) is 11.0. The molecule has 5 rings (SSSR count). The van der Waals surface area contributed by atoms with E-state index in [0.29, 0.717) is 23.0 Å². The van der Waals surface area contributed by atoms with Crippen molar-refractivity contribution in [1.29, 1.82) is 0 Å². The van der Waals surface area contributed by atoms with E-state index in [4.69, 9.17) is 4.84 Å². The zero-order valence-corrected chi connectivity index (χ0v) is 18.0. The Morgan fingerprint density at radius 2 is 1.86 bits per heavy atom. The molecular formula is C24H38N2O2. The monoisotopic (exact) mass is 386 g/mol. The summed E-state index contributed by atoms with van der Waals surface area (Å²) in [5.74, 6) is 4.14. The van der Waals surface area contributed by atoms with Gasteiger partial charge in [0.25, 0.3) is 0 Å². The lowest BCUT2D eigenvalue weighted by Gasteiger charge is -2.61. The smallest absolute Gasteiger partial charge is 0.152 e. The normalized spacial score (nSPS) is 49.9. The number of carbonyl (C=O) groups is 1. The van der Waals surface area contributed by atoms with Gasteiger partial charge in [-0.15, -0.1) is 0 Å². The topological polar surface area (TPSA) is 50.7 Å². The van der Waals surface area contributed by atoms with E-state index in [0.717, 1.165) is 56.5 Å². The summed E-state index contributed by atoms with van der Waals surface area (Å²) in [5.41, 5.74) is 1.76. The first-order valence-electron chi connectivity index (χ1n) is 11.9. The first-order valence-corrected chi connectivity index (χ1v) is 11.9. The number of hydrogen-bond donors (Lipinski definition) is 1. The Morgan fingerprint density at radius 1 is 1.04 bits per heavy atom. The minimum atomic E-state index is 0.000452. The van der Waals surface area contributed by atoms with Crippen LogP contribution < -0.4 is 5.32 Å².